The van der Waals surface area contributed by atoms with E-state index in [1.165, 1.54) is 11.8 Å². The van der Waals surface area contributed by atoms with E-state index in [4.69, 9.17) is 0 Å². The summed E-state index contributed by atoms with van der Waals surface area (Å²) in [6.45, 7) is 0. The summed E-state index contributed by atoms with van der Waals surface area (Å²) in [5.41, 5.74) is 2.09. The average Bonchev–Trinajstić information content (AvgIpc) is 3.10. The Bertz CT molecular complexity index is 789. The van der Waals surface area contributed by atoms with Crippen LogP contribution < -0.4 is 5.32 Å². The van der Waals surface area contributed by atoms with Crippen molar-refractivity contribution in [1.29, 1.82) is 0 Å². The molecule has 1 atom stereocenters. The summed E-state index contributed by atoms with van der Waals surface area (Å²) in [7, 11) is 1.66. The van der Waals surface area contributed by atoms with Gasteiger partial charge in [0, 0.05) is 12.7 Å². The molecule has 1 amide bonds. The highest BCUT2D eigenvalue weighted by molar-refractivity contribution is 8.00. The van der Waals surface area contributed by atoms with E-state index in [-0.39, 0.29) is 11.2 Å². The van der Waals surface area contributed by atoms with E-state index < -0.39 is 0 Å². The number of amides is 1. The second kappa shape index (κ2) is 7.79. The first-order valence-corrected chi connectivity index (χ1v) is 8.53. The highest BCUT2D eigenvalue weighted by Gasteiger charge is 2.22. The number of nitrogens with one attached hydrogen (secondary N) is 1. The molecule has 3 rings (SSSR count). The fourth-order valence-electron chi connectivity index (χ4n) is 2.37. The minimum Gasteiger partial charge on any atom is -0.358 e. The molecule has 24 heavy (non-hydrogen) atoms. The lowest BCUT2D eigenvalue weighted by Crippen LogP contribution is -2.31. The minimum absolute atomic E-state index is 0.0218. The zero-order chi connectivity index (χ0) is 16.8. The molecule has 0 aliphatic heterocycles. The molecule has 6 heteroatoms. The number of carbonyl (C=O) groups is 1. The van der Waals surface area contributed by atoms with Gasteiger partial charge in [-0.3, -0.25) is 9.36 Å². The van der Waals surface area contributed by atoms with Crippen molar-refractivity contribution < 1.29 is 4.79 Å². The molecule has 0 saturated heterocycles. The van der Waals surface area contributed by atoms with Crippen molar-refractivity contribution in [1.82, 2.24) is 20.1 Å². The highest BCUT2D eigenvalue weighted by Crippen LogP contribution is 2.26. The first-order valence-electron chi connectivity index (χ1n) is 7.65. The van der Waals surface area contributed by atoms with E-state index in [0.29, 0.717) is 11.6 Å². The number of hydrogen-bond donors (Lipinski definition) is 1. The first-order chi connectivity index (χ1) is 11.8. The standard InChI is InChI=1S/C18H18N4OS/c1-19-17(23)16(12-14-8-4-2-5-9-14)24-18-21-20-13-22(18)15-10-6-3-7-11-15/h2-11,13,16H,12H2,1H3,(H,19,23)/t16-/m0/s1. The SMILES string of the molecule is CNC(=O)[C@H](Cc1ccccc1)Sc1nncn1-c1ccccc1. The lowest BCUT2D eigenvalue weighted by molar-refractivity contribution is -0.120. The normalized spacial score (nSPS) is 11.9. The van der Waals surface area contributed by atoms with Crippen LogP contribution in [0, 0.1) is 0 Å². The molecule has 0 aliphatic rings. The van der Waals surface area contributed by atoms with E-state index in [1.807, 2.05) is 65.2 Å². The number of nitrogens with zero attached hydrogens (tertiary/aromatic N) is 3. The molecular weight excluding hydrogens is 320 g/mol. The Balaban J connectivity index is 1.84. The van der Waals surface area contributed by atoms with Gasteiger partial charge in [0.05, 0.1) is 5.25 Å². The molecule has 122 valence electrons. The molecule has 1 N–H and O–H groups in total. The van der Waals surface area contributed by atoms with Gasteiger partial charge in [0.2, 0.25) is 5.91 Å². The van der Waals surface area contributed by atoms with Crippen LogP contribution in [0.5, 0.6) is 0 Å². The molecule has 0 bridgehead atoms. The third-order valence-corrected chi connectivity index (χ3v) is 4.76. The predicted molar refractivity (Wildman–Crippen MR) is 95.2 cm³/mol. The fraction of sp³-hybridized carbons (Fsp3) is 0.167. The molecule has 1 heterocycles. The molecule has 1 aromatic heterocycles. The molecule has 2 aromatic carbocycles. The monoisotopic (exact) mass is 338 g/mol. The van der Waals surface area contributed by atoms with Crippen molar-refractivity contribution >= 4 is 17.7 Å². The van der Waals surface area contributed by atoms with Crippen LogP contribution in [0.4, 0.5) is 0 Å². The van der Waals surface area contributed by atoms with Crippen molar-refractivity contribution in [2.24, 2.45) is 0 Å². The molecule has 5 nitrogen and oxygen atoms in total. The number of thioether (sulfide) groups is 1. The Kier molecular flexibility index (Phi) is 5.28. The third-order valence-electron chi connectivity index (χ3n) is 3.60. The topological polar surface area (TPSA) is 59.8 Å². The van der Waals surface area contributed by atoms with Crippen LogP contribution in [-0.4, -0.2) is 33.0 Å². The molecule has 3 aromatic rings. The van der Waals surface area contributed by atoms with Crippen LogP contribution in [0.15, 0.2) is 72.1 Å². The van der Waals surface area contributed by atoms with Gasteiger partial charge in [-0.15, -0.1) is 10.2 Å². The third kappa shape index (κ3) is 3.83. The predicted octanol–water partition coefficient (Wildman–Crippen LogP) is 2.72. The second-order valence-corrected chi connectivity index (χ2v) is 6.40. The average molecular weight is 338 g/mol. The van der Waals surface area contributed by atoms with Crippen LogP contribution in [0.3, 0.4) is 0 Å². The molecule has 0 unspecified atom stereocenters. The smallest absolute Gasteiger partial charge is 0.233 e. The number of hydrogen-bond acceptors (Lipinski definition) is 4. The van der Waals surface area contributed by atoms with E-state index in [0.717, 1.165) is 11.3 Å². The summed E-state index contributed by atoms with van der Waals surface area (Å²) >= 11 is 1.42. The van der Waals surface area contributed by atoms with Gasteiger partial charge < -0.3 is 5.32 Å². The summed E-state index contributed by atoms with van der Waals surface area (Å²) in [5.74, 6) is -0.0218. The lowest BCUT2D eigenvalue weighted by atomic mass is 10.1. The van der Waals surface area contributed by atoms with Crippen molar-refractivity contribution in [3.63, 3.8) is 0 Å². The van der Waals surface area contributed by atoms with E-state index >= 15 is 0 Å². The van der Waals surface area contributed by atoms with Gasteiger partial charge in [-0.1, -0.05) is 60.3 Å². The summed E-state index contributed by atoms with van der Waals surface area (Å²) in [5, 5.41) is 11.4. The van der Waals surface area contributed by atoms with Crippen molar-refractivity contribution in [2.75, 3.05) is 7.05 Å². The van der Waals surface area contributed by atoms with Crippen molar-refractivity contribution in [2.45, 2.75) is 16.8 Å². The lowest BCUT2D eigenvalue weighted by Gasteiger charge is -2.15. The van der Waals surface area contributed by atoms with Gasteiger partial charge >= 0.3 is 0 Å². The number of benzene rings is 2. The van der Waals surface area contributed by atoms with Gasteiger partial charge in [-0.2, -0.15) is 0 Å². The Morgan fingerprint density at radius 3 is 2.46 bits per heavy atom. The van der Waals surface area contributed by atoms with Crippen LogP contribution in [-0.2, 0) is 11.2 Å². The summed E-state index contributed by atoms with van der Waals surface area (Å²) in [6.07, 6.45) is 2.30. The molecule has 0 spiro atoms. The Hall–Kier alpha value is -2.60. The summed E-state index contributed by atoms with van der Waals surface area (Å²) in [6, 6.07) is 19.8. The number of carbonyl (C=O) groups excluding carboxylic acids is 1. The minimum atomic E-state index is -0.274. The van der Waals surface area contributed by atoms with Crippen LogP contribution in [0.2, 0.25) is 0 Å². The summed E-state index contributed by atoms with van der Waals surface area (Å²) in [4.78, 5) is 12.3. The van der Waals surface area contributed by atoms with Crippen molar-refractivity contribution in [3.05, 3.63) is 72.6 Å². The fourth-order valence-corrected chi connectivity index (χ4v) is 3.49. The highest BCUT2D eigenvalue weighted by atomic mass is 32.2. The van der Waals surface area contributed by atoms with Crippen LogP contribution in [0.25, 0.3) is 5.69 Å². The maximum Gasteiger partial charge on any atom is 0.233 e. The molecular formula is C18H18N4OS. The van der Waals surface area contributed by atoms with Gasteiger partial charge in [-0.25, -0.2) is 0 Å². The van der Waals surface area contributed by atoms with Gasteiger partial charge in [0.15, 0.2) is 5.16 Å². The zero-order valence-electron chi connectivity index (χ0n) is 13.3. The number of aromatic nitrogens is 3. The van der Waals surface area contributed by atoms with Gasteiger partial charge in [0.1, 0.15) is 6.33 Å². The van der Waals surface area contributed by atoms with Gasteiger partial charge in [-0.05, 0) is 24.1 Å². The Labute approximate surface area is 145 Å². The van der Waals surface area contributed by atoms with E-state index in [1.54, 1.807) is 13.4 Å². The molecule has 0 fully saturated rings. The number of para-hydroxylation sites is 1. The first kappa shape index (κ1) is 16.3. The maximum atomic E-state index is 12.3. The van der Waals surface area contributed by atoms with Crippen LogP contribution in [0.1, 0.15) is 5.56 Å². The maximum absolute atomic E-state index is 12.3. The second-order valence-electron chi connectivity index (χ2n) is 5.23. The van der Waals surface area contributed by atoms with E-state index in [2.05, 4.69) is 15.5 Å². The largest absolute Gasteiger partial charge is 0.358 e. The number of rotatable bonds is 6. The zero-order valence-corrected chi connectivity index (χ0v) is 14.1. The van der Waals surface area contributed by atoms with E-state index in [9.17, 15) is 4.79 Å². The quantitative estimate of drug-likeness (QED) is 0.702. The molecule has 0 aliphatic carbocycles. The molecule has 0 saturated carbocycles. The van der Waals surface area contributed by atoms with Crippen LogP contribution >= 0.6 is 11.8 Å². The Morgan fingerprint density at radius 2 is 1.79 bits per heavy atom. The molecule has 0 radical (unpaired) electrons. The van der Waals surface area contributed by atoms with Crippen molar-refractivity contribution in [3.8, 4) is 5.69 Å². The Morgan fingerprint density at radius 1 is 1.12 bits per heavy atom. The van der Waals surface area contributed by atoms with Gasteiger partial charge in [0.25, 0.3) is 0 Å². The summed E-state index contributed by atoms with van der Waals surface area (Å²) < 4.78 is 1.89.